The van der Waals surface area contributed by atoms with E-state index >= 15 is 0 Å². The Morgan fingerprint density at radius 2 is 1.00 bits per heavy atom. The Balaban J connectivity index is 2.18. The fourth-order valence-electron chi connectivity index (χ4n) is 4.52. The van der Waals surface area contributed by atoms with Crippen molar-refractivity contribution in [3.8, 4) is 0 Å². The third-order valence-electron chi connectivity index (χ3n) is 6.77. The zero-order valence-corrected chi connectivity index (χ0v) is 24.6. The van der Waals surface area contributed by atoms with Crippen LogP contribution in [0.1, 0.15) is 26.3 Å². The quantitative estimate of drug-likeness (QED) is 0.143. The van der Waals surface area contributed by atoms with Gasteiger partial charge in [-0.2, -0.15) is 0 Å². The van der Waals surface area contributed by atoms with Crippen LogP contribution >= 0.6 is 0 Å². The van der Waals surface area contributed by atoms with Crippen LogP contribution in [0, 0.1) is 10.1 Å². The minimum absolute atomic E-state index is 0.0567. The highest BCUT2D eigenvalue weighted by Crippen LogP contribution is 2.13. The smallest absolute Gasteiger partial charge is 0.320 e. The molecule has 0 saturated carbocycles. The van der Waals surface area contributed by atoms with Crippen molar-refractivity contribution in [2.45, 2.75) is 27.2 Å². The summed E-state index contributed by atoms with van der Waals surface area (Å²) in [7, 11) is 0. The van der Waals surface area contributed by atoms with Gasteiger partial charge in [0.25, 0.3) is 5.69 Å². The Morgan fingerprint density at radius 3 is 1.32 bits per heavy atom. The Morgan fingerprint density at radius 1 is 0.659 bits per heavy atom. The van der Waals surface area contributed by atoms with Gasteiger partial charge in [0.2, 0.25) is 0 Å². The number of non-ortho nitro benzene ring substituents is 1. The second-order valence-electron chi connectivity index (χ2n) is 9.76. The fraction of sp³-hybridized carbons (Fsp3) is 0.679. The van der Waals surface area contributed by atoms with E-state index in [2.05, 4.69) is 4.90 Å². The Bertz CT molecular complexity index is 925. The first-order chi connectivity index (χ1) is 19.7. The van der Waals surface area contributed by atoms with Crippen LogP contribution < -0.4 is 0 Å². The van der Waals surface area contributed by atoms with Crippen molar-refractivity contribution >= 4 is 23.6 Å². The number of carbonyl (C=O) groups excluding carboxylic acids is 3. The van der Waals surface area contributed by atoms with Crippen LogP contribution in [0.15, 0.2) is 24.3 Å². The molecule has 1 aromatic carbocycles. The summed E-state index contributed by atoms with van der Waals surface area (Å²) < 4.78 is 15.5. The molecule has 41 heavy (non-hydrogen) atoms. The third-order valence-corrected chi connectivity index (χ3v) is 6.77. The molecule has 13 nitrogen and oxygen atoms in total. The second-order valence-corrected chi connectivity index (χ2v) is 9.76. The number of nitro benzene ring substituents is 1. The van der Waals surface area contributed by atoms with Gasteiger partial charge >= 0.3 is 17.9 Å². The van der Waals surface area contributed by atoms with Crippen molar-refractivity contribution < 1.29 is 33.5 Å². The van der Waals surface area contributed by atoms with Crippen molar-refractivity contribution in [3.05, 3.63) is 39.9 Å². The van der Waals surface area contributed by atoms with Gasteiger partial charge in [0.05, 0.1) is 44.4 Å². The second kappa shape index (κ2) is 19.1. The zero-order valence-electron chi connectivity index (χ0n) is 24.6. The predicted molar refractivity (Wildman–Crippen MR) is 152 cm³/mol. The van der Waals surface area contributed by atoms with Gasteiger partial charge in [-0.3, -0.25) is 39.2 Å². The number of ether oxygens (including phenoxy) is 3. The molecule has 1 aromatic rings. The third kappa shape index (κ3) is 13.9. The molecule has 0 bridgehead atoms. The van der Waals surface area contributed by atoms with Crippen LogP contribution in [0.5, 0.6) is 0 Å². The van der Waals surface area contributed by atoms with Crippen molar-refractivity contribution in [2.24, 2.45) is 0 Å². The summed E-state index contributed by atoms with van der Waals surface area (Å²) in [5.74, 6) is -0.907. The molecule has 0 radical (unpaired) electrons. The van der Waals surface area contributed by atoms with Gasteiger partial charge in [0.1, 0.15) is 0 Å². The molecule has 0 spiro atoms. The van der Waals surface area contributed by atoms with Gasteiger partial charge in [-0.05, 0) is 32.8 Å². The van der Waals surface area contributed by atoms with E-state index in [1.165, 1.54) is 12.1 Å². The molecule has 0 amide bonds. The summed E-state index contributed by atoms with van der Waals surface area (Å²) >= 11 is 0. The topological polar surface area (TPSA) is 135 Å². The van der Waals surface area contributed by atoms with Crippen LogP contribution in [0.25, 0.3) is 0 Å². The van der Waals surface area contributed by atoms with Crippen molar-refractivity contribution in [3.63, 3.8) is 0 Å². The molecule has 1 aliphatic rings. The van der Waals surface area contributed by atoms with Gasteiger partial charge in [0, 0.05) is 71.0 Å². The summed E-state index contributed by atoms with van der Waals surface area (Å²) in [6.45, 7) is 12.0. The van der Waals surface area contributed by atoms with Gasteiger partial charge in [0.15, 0.2) is 0 Å². The molecular formula is C28H45N5O8. The summed E-state index contributed by atoms with van der Waals surface area (Å²) in [6.07, 6.45) is 0.696. The highest BCUT2D eigenvalue weighted by molar-refractivity contribution is 5.72. The van der Waals surface area contributed by atoms with Crippen LogP contribution in [-0.2, 0) is 35.0 Å². The molecule has 2 rings (SSSR count). The molecule has 0 aliphatic carbocycles. The summed E-state index contributed by atoms with van der Waals surface area (Å²) in [6, 6.07) is 6.56. The maximum Gasteiger partial charge on any atom is 0.320 e. The number of benzene rings is 1. The molecule has 230 valence electrons. The van der Waals surface area contributed by atoms with E-state index in [4.69, 9.17) is 14.2 Å². The molecule has 13 heteroatoms. The Hall–Kier alpha value is -3.13. The molecule has 0 N–H and O–H groups in total. The Labute approximate surface area is 242 Å². The molecular weight excluding hydrogens is 534 g/mol. The van der Waals surface area contributed by atoms with Gasteiger partial charge < -0.3 is 19.1 Å². The van der Waals surface area contributed by atoms with Gasteiger partial charge in [-0.15, -0.1) is 0 Å². The van der Waals surface area contributed by atoms with Crippen LogP contribution in [-0.4, -0.2) is 141 Å². The average molecular weight is 580 g/mol. The molecule has 0 atom stereocenters. The monoisotopic (exact) mass is 579 g/mol. The lowest BCUT2D eigenvalue weighted by Gasteiger charge is -2.33. The maximum atomic E-state index is 12.3. The van der Waals surface area contributed by atoms with E-state index in [1.54, 1.807) is 32.9 Å². The molecule has 1 fully saturated rings. The van der Waals surface area contributed by atoms with Crippen molar-refractivity contribution in [2.75, 3.05) is 98.4 Å². The van der Waals surface area contributed by atoms with E-state index in [0.717, 1.165) is 5.56 Å². The minimum atomic E-state index is -0.412. The number of esters is 3. The lowest BCUT2D eigenvalue weighted by Crippen LogP contribution is -2.49. The lowest BCUT2D eigenvalue weighted by molar-refractivity contribution is -0.384. The first-order valence-corrected chi connectivity index (χ1v) is 14.3. The molecule has 0 aromatic heterocycles. The number of carbonyl (C=O) groups is 3. The van der Waals surface area contributed by atoms with Gasteiger partial charge in [-0.25, -0.2) is 0 Å². The van der Waals surface area contributed by atoms with E-state index in [1.807, 2.05) is 14.7 Å². The van der Waals surface area contributed by atoms with E-state index in [9.17, 15) is 24.5 Å². The number of hydrogen-bond donors (Lipinski definition) is 0. The standard InChI is InChI=1S/C28H45N5O8/c1-4-39-26(34)21-30-15-13-29(12-11-24-7-9-25(10-8-24)33(37)38)14-16-31(22-27(35)40-5-2)18-20-32(19-17-30)23-28(36)41-6-3/h7-10H,4-6,11-23H2,1-3H3. The van der Waals surface area contributed by atoms with Gasteiger partial charge in [-0.1, -0.05) is 12.1 Å². The lowest BCUT2D eigenvalue weighted by atomic mass is 10.1. The summed E-state index contributed by atoms with van der Waals surface area (Å²) in [5, 5.41) is 11.0. The predicted octanol–water partition coefficient (Wildman–Crippen LogP) is 1.05. The minimum Gasteiger partial charge on any atom is -0.465 e. The number of hydrogen-bond acceptors (Lipinski definition) is 12. The normalized spacial score (nSPS) is 16.8. The number of nitrogens with zero attached hydrogens (tertiary/aromatic N) is 5. The van der Waals surface area contributed by atoms with E-state index in [-0.39, 0.29) is 43.2 Å². The van der Waals surface area contributed by atoms with Crippen LogP contribution in [0.4, 0.5) is 5.69 Å². The number of nitro groups is 1. The molecule has 1 heterocycles. The summed E-state index contributed by atoms with van der Waals surface area (Å²) in [5.41, 5.74) is 1.05. The van der Waals surface area contributed by atoms with Crippen molar-refractivity contribution in [1.29, 1.82) is 0 Å². The van der Waals surface area contributed by atoms with Crippen LogP contribution in [0.2, 0.25) is 0 Å². The number of rotatable bonds is 13. The molecule has 1 saturated heterocycles. The van der Waals surface area contributed by atoms with E-state index < -0.39 is 4.92 Å². The van der Waals surface area contributed by atoms with Crippen LogP contribution in [0.3, 0.4) is 0 Å². The molecule has 0 unspecified atom stereocenters. The van der Waals surface area contributed by atoms with Crippen molar-refractivity contribution in [1.82, 2.24) is 19.6 Å². The highest BCUT2D eigenvalue weighted by atomic mass is 16.6. The zero-order chi connectivity index (χ0) is 30.0. The first-order valence-electron chi connectivity index (χ1n) is 14.3. The SMILES string of the molecule is CCOC(=O)CN1CCN(CCc2ccc([N+](=O)[O-])cc2)CCN(CC(=O)OCC)CCN(CC(=O)OCC)CC1. The summed E-state index contributed by atoms with van der Waals surface area (Å²) in [4.78, 5) is 55.9. The fourth-order valence-corrected chi connectivity index (χ4v) is 4.52. The average Bonchev–Trinajstić information content (AvgIpc) is 2.93. The Kier molecular flexibility index (Phi) is 15.9. The largest absolute Gasteiger partial charge is 0.465 e. The highest BCUT2D eigenvalue weighted by Gasteiger charge is 2.21. The first kappa shape index (κ1) is 34.1. The van der Waals surface area contributed by atoms with E-state index in [0.29, 0.717) is 85.1 Å². The maximum absolute atomic E-state index is 12.3. The molecule has 1 aliphatic heterocycles.